The first-order chi connectivity index (χ1) is 12.6. The monoisotopic (exact) mass is 348 g/mol. The molecule has 1 aliphatic heterocycles. The Kier molecular flexibility index (Phi) is 5.38. The molecule has 2 N–H and O–H groups in total. The van der Waals surface area contributed by atoms with Crippen molar-refractivity contribution in [2.75, 3.05) is 26.2 Å². The molecule has 0 spiro atoms. The zero-order chi connectivity index (χ0) is 18.5. The van der Waals surface area contributed by atoms with Crippen molar-refractivity contribution >= 4 is 0 Å². The second-order valence-electron chi connectivity index (χ2n) is 6.32. The summed E-state index contributed by atoms with van der Waals surface area (Å²) < 4.78 is 0. The van der Waals surface area contributed by atoms with Crippen LogP contribution in [0.1, 0.15) is 23.2 Å². The fraction of sp³-hybridized carbons (Fsp3) is 0.300. The van der Waals surface area contributed by atoms with Gasteiger partial charge in [-0.3, -0.25) is 9.80 Å². The van der Waals surface area contributed by atoms with E-state index in [1.165, 1.54) is 0 Å². The van der Waals surface area contributed by atoms with Gasteiger partial charge in [0, 0.05) is 26.2 Å². The smallest absolute Gasteiger partial charge is 0.123 e. The van der Waals surface area contributed by atoms with E-state index < -0.39 is 0 Å². The molecule has 2 aromatic rings. The third-order valence-corrected chi connectivity index (χ3v) is 4.74. The molecule has 6 heteroatoms. The Morgan fingerprint density at radius 2 is 0.962 bits per heavy atom. The lowest BCUT2D eigenvalue weighted by Gasteiger charge is -2.38. The molecule has 3 rings (SSSR count). The molecule has 1 saturated heterocycles. The van der Waals surface area contributed by atoms with Crippen molar-refractivity contribution in [2.24, 2.45) is 0 Å². The predicted molar refractivity (Wildman–Crippen MR) is 96.1 cm³/mol. The van der Waals surface area contributed by atoms with E-state index in [2.05, 4.69) is 21.9 Å². The van der Waals surface area contributed by atoms with Crippen LogP contribution in [0.5, 0.6) is 11.5 Å². The number of benzene rings is 2. The van der Waals surface area contributed by atoms with Crippen LogP contribution in [0.3, 0.4) is 0 Å². The molecule has 0 amide bonds. The van der Waals surface area contributed by atoms with Crippen molar-refractivity contribution in [2.45, 2.75) is 12.1 Å². The molecule has 6 nitrogen and oxygen atoms in total. The average molecular weight is 348 g/mol. The molecule has 0 saturated carbocycles. The van der Waals surface area contributed by atoms with E-state index in [9.17, 15) is 20.7 Å². The summed E-state index contributed by atoms with van der Waals surface area (Å²) in [5.41, 5.74) is 1.71. The highest BCUT2D eigenvalue weighted by molar-refractivity contribution is 5.32. The molecule has 0 aromatic heterocycles. The van der Waals surface area contributed by atoms with Gasteiger partial charge >= 0.3 is 0 Å². The maximum Gasteiger partial charge on any atom is 0.123 e. The second-order valence-corrected chi connectivity index (χ2v) is 6.32. The van der Waals surface area contributed by atoms with E-state index in [0.717, 1.165) is 11.1 Å². The van der Waals surface area contributed by atoms with Crippen LogP contribution in [-0.2, 0) is 0 Å². The Bertz CT molecular complexity index is 741. The number of phenols is 2. The van der Waals surface area contributed by atoms with Crippen molar-refractivity contribution in [1.29, 1.82) is 10.5 Å². The summed E-state index contributed by atoms with van der Waals surface area (Å²) in [6, 6.07) is 17.4. The number of phenolic OH excluding ortho intramolecular Hbond substituents is 2. The summed E-state index contributed by atoms with van der Waals surface area (Å²) in [4.78, 5) is 4.18. The molecule has 0 unspecified atom stereocenters. The third-order valence-electron chi connectivity index (χ3n) is 4.74. The molecule has 2 atom stereocenters. The van der Waals surface area contributed by atoms with Gasteiger partial charge in [-0.1, -0.05) is 24.3 Å². The lowest BCUT2D eigenvalue weighted by atomic mass is 10.0. The fourth-order valence-electron chi connectivity index (χ4n) is 3.30. The summed E-state index contributed by atoms with van der Waals surface area (Å²) in [6.07, 6.45) is 0. The number of nitriles is 2. The maximum absolute atomic E-state index is 9.58. The maximum atomic E-state index is 9.58. The summed E-state index contributed by atoms with van der Waals surface area (Å²) in [6.45, 7) is 2.70. The van der Waals surface area contributed by atoms with E-state index in [4.69, 9.17) is 0 Å². The van der Waals surface area contributed by atoms with E-state index in [1.54, 1.807) is 48.5 Å². The van der Waals surface area contributed by atoms with Gasteiger partial charge in [-0.2, -0.15) is 10.5 Å². The van der Waals surface area contributed by atoms with Crippen molar-refractivity contribution in [3.05, 3.63) is 59.7 Å². The van der Waals surface area contributed by atoms with Gasteiger partial charge in [-0.15, -0.1) is 0 Å². The summed E-state index contributed by atoms with van der Waals surface area (Å²) in [7, 11) is 0. The molecule has 1 heterocycles. The summed E-state index contributed by atoms with van der Waals surface area (Å²) >= 11 is 0. The van der Waals surface area contributed by atoms with Gasteiger partial charge in [-0.25, -0.2) is 0 Å². The van der Waals surface area contributed by atoms with Crippen LogP contribution in [0, 0.1) is 22.7 Å². The topological polar surface area (TPSA) is 94.5 Å². The standard InChI is InChI=1S/C20H20N4O2/c21-13-19(15-1-5-17(25)6-2-15)23-9-11-24(12-10-23)20(14-22)16-3-7-18(26)8-4-16/h1-8,19-20,25-26H,9-12H2/t19-,20-/m0/s1. The van der Waals surface area contributed by atoms with Crippen LogP contribution >= 0.6 is 0 Å². The highest BCUT2D eigenvalue weighted by Crippen LogP contribution is 2.27. The molecule has 0 radical (unpaired) electrons. The molecule has 1 fully saturated rings. The Labute approximate surface area is 152 Å². The molecule has 0 aliphatic carbocycles. The molecule has 132 valence electrons. The van der Waals surface area contributed by atoms with Gasteiger partial charge in [0.15, 0.2) is 0 Å². The number of hydrogen-bond acceptors (Lipinski definition) is 6. The van der Waals surface area contributed by atoms with Gasteiger partial charge in [0.1, 0.15) is 23.6 Å². The molecule has 26 heavy (non-hydrogen) atoms. The lowest BCUT2D eigenvalue weighted by molar-refractivity contribution is 0.0979. The number of piperazine rings is 1. The van der Waals surface area contributed by atoms with E-state index in [-0.39, 0.29) is 23.6 Å². The van der Waals surface area contributed by atoms with Gasteiger partial charge in [0.05, 0.1) is 12.1 Å². The van der Waals surface area contributed by atoms with Crippen LogP contribution in [-0.4, -0.2) is 46.2 Å². The third kappa shape index (κ3) is 3.78. The molecule has 0 bridgehead atoms. The minimum absolute atomic E-state index is 0.181. The minimum Gasteiger partial charge on any atom is -0.508 e. The van der Waals surface area contributed by atoms with Crippen LogP contribution in [0.25, 0.3) is 0 Å². The molecule has 1 aliphatic rings. The van der Waals surface area contributed by atoms with Crippen LogP contribution in [0.2, 0.25) is 0 Å². The first-order valence-corrected chi connectivity index (χ1v) is 8.47. The van der Waals surface area contributed by atoms with Crippen molar-refractivity contribution in [1.82, 2.24) is 9.80 Å². The quantitative estimate of drug-likeness (QED) is 0.882. The SMILES string of the molecule is N#C[C@@H](c1ccc(O)cc1)N1CCN([C@@H](C#N)c2ccc(O)cc2)CC1. The Hall–Kier alpha value is -3.06. The number of hydrogen-bond donors (Lipinski definition) is 2. The Morgan fingerprint density at radius 1 is 0.654 bits per heavy atom. The first kappa shape index (κ1) is 17.8. The van der Waals surface area contributed by atoms with E-state index in [0.29, 0.717) is 26.2 Å². The summed E-state index contributed by atoms with van der Waals surface area (Å²) in [5.74, 6) is 0.363. The zero-order valence-corrected chi connectivity index (χ0v) is 14.3. The van der Waals surface area contributed by atoms with Gasteiger partial charge in [0.25, 0.3) is 0 Å². The van der Waals surface area contributed by atoms with Crippen LogP contribution < -0.4 is 0 Å². The van der Waals surface area contributed by atoms with Gasteiger partial charge < -0.3 is 10.2 Å². The fourth-order valence-corrected chi connectivity index (χ4v) is 3.30. The summed E-state index contributed by atoms with van der Waals surface area (Å²) in [5, 5.41) is 38.0. The molecular formula is C20H20N4O2. The van der Waals surface area contributed by atoms with Gasteiger partial charge in [0.2, 0.25) is 0 Å². The van der Waals surface area contributed by atoms with E-state index >= 15 is 0 Å². The van der Waals surface area contributed by atoms with Crippen LogP contribution in [0.4, 0.5) is 0 Å². The number of aromatic hydroxyl groups is 2. The Morgan fingerprint density at radius 3 is 1.23 bits per heavy atom. The molecular weight excluding hydrogens is 328 g/mol. The number of nitrogens with zero attached hydrogens (tertiary/aromatic N) is 4. The lowest BCUT2D eigenvalue weighted by Crippen LogP contribution is -2.48. The van der Waals surface area contributed by atoms with Crippen LogP contribution in [0.15, 0.2) is 48.5 Å². The first-order valence-electron chi connectivity index (χ1n) is 8.47. The largest absolute Gasteiger partial charge is 0.508 e. The molecule has 2 aromatic carbocycles. The Balaban J connectivity index is 1.67. The van der Waals surface area contributed by atoms with Gasteiger partial charge in [-0.05, 0) is 35.4 Å². The van der Waals surface area contributed by atoms with Crippen molar-refractivity contribution in [3.8, 4) is 23.6 Å². The predicted octanol–water partition coefficient (Wildman–Crippen LogP) is 2.54. The second kappa shape index (κ2) is 7.88. The highest BCUT2D eigenvalue weighted by atomic mass is 16.3. The average Bonchev–Trinajstić information content (AvgIpc) is 2.67. The zero-order valence-electron chi connectivity index (χ0n) is 14.3. The number of rotatable bonds is 4. The normalized spacial score (nSPS) is 17.8. The van der Waals surface area contributed by atoms with Crippen molar-refractivity contribution < 1.29 is 10.2 Å². The van der Waals surface area contributed by atoms with E-state index in [1.807, 2.05) is 0 Å². The highest BCUT2D eigenvalue weighted by Gasteiger charge is 2.29. The minimum atomic E-state index is -0.369. The van der Waals surface area contributed by atoms with Crippen molar-refractivity contribution in [3.63, 3.8) is 0 Å².